The number of rotatable bonds is 7. The third kappa shape index (κ3) is 6.48. The Morgan fingerprint density at radius 3 is 1.72 bits per heavy atom. The van der Waals surface area contributed by atoms with Crippen LogP contribution in [0, 0.1) is 0 Å². The van der Waals surface area contributed by atoms with Crippen LogP contribution in [0.5, 0.6) is 0 Å². The van der Waals surface area contributed by atoms with Crippen LogP contribution in [0.1, 0.15) is 10.4 Å². The average Bonchev–Trinajstić information content (AvgIpc) is 2.57. The number of amides is 3. The summed E-state index contributed by atoms with van der Waals surface area (Å²) in [5, 5.41) is 5.99. The fraction of sp³-hybridized carbons (Fsp3) is 0.118. The lowest BCUT2D eigenvalue weighted by Gasteiger charge is -2.07. The Morgan fingerprint density at radius 2 is 1.28 bits per heavy atom. The molecule has 0 unspecified atom stereocenters. The van der Waals surface area contributed by atoms with E-state index in [9.17, 15) is 14.4 Å². The number of nitrogens with one attached hydrogen (secondary N) is 2. The van der Waals surface area contributed by atoms with Gasteiger partial charge in [-0.1, -0.05) is 11.6 Å². The molecular weight excluding hydrogens is 362 g/mol. The second-order valence-corrected chi connectivity index (χ2v) is 6.46. The highest BCUT2D eigenvalue weighted by molar-refractivity contribution is 8.00. The van der Waals surface area contributed by atoms with Crippen molar-refractivity contribution in [1.29, 1.82) is 0 Å². The molecule has 4 N–H and O–H groups in total. The molecular formula is C17H16ClN3O3S. The van der Waals surface area contributed by atoms with Crippen molar-refractivity contribution in [3.63, 3.8) is 0 Å². The molecule has 0 aliphatic carbocycles. The second-order valence-electron chi connectivity index (χ2n) is 5.04. The Balaban J connectivity index is 1.71. The van der Waals surface area contributed by atoms with Gasteiger partial charge in [-0.05, 0) is 48.5 Å². The summed E-state index contributed by atoms with van der Waals surface area (Å²) in [7, 11) is 0. The molecule has 0 aliphatic heterocycles. The van der Waals surface area contributed by atoms with Crippen molar-refractivity contribution in [2.45, 2.75) is 0 Å². The Hall–Kier alpha value is -2.51. The van der Waals surface area contributed by atoms with Gasteiger partial charge in [-0.25, -0.2) is 0 Å². The molecule has 6 nitrogen and oxygen atoms in total. The standard InChI is InChI=1S/C17H16ClN3O3S/c18-12-3-7-14(8-4-12)21-16(23)10-25-9-15(22)20-13-5-1-11(2-6-13)17(19)24/h1-8H,9-10H2,(H2,19,24)(H,20,22)(H,21,23). The molecule has 2 rings (SSSR count). The van der Waals surface area contributed by atoms with E-state index in [2.05, 4.69) is 10.6 Å². The summed E-state index contributed by atoms with van der Waals surface area (Å²) < 4.78 is 0. The number of benzene rings is 2. The highest BCUT2D eigenvalue weighted by Crippen LogP contribution is 2.14. The number of nitrogens with two attached hydrogens (primary N) is 1. The van der Waals surface area contributed by atoms with E-state index in [0.29, 0.717) is 22.0 Å². The summed E-state index contributed by atoms with van der Waals surface area (Å²) in [6.07, 6.45) is 0. The molecule has 0 aromatic heterocycles. The van der Waals surface area contributed by atoms with Crippen LogP contribution in [0.25, 0.3) is 0 Å². The molecule has 8 heteroatoms. The van der Waals surface area contributed by atoms with Crippen molar-refractivity contribution in [2.75, 3.05) is 22.1 Å². The second kappa shape index (κ2) is 9.10. The number of thioether (sulfide) groups is 1. The Bertz CT molecular complexity index is 764. The van der Waals surface area contributed by atoms with Gasteiger partial charge in [0, 0.05) is 22.0 Å². The Labute approximate surface area is 154 Å². The van der Waals surface area contributed by atoms with Crippen molar-refractivity contribution in [3.05, 3.63) is 59.1 Å². The summed E-state index contributed by atoms with van der Waals surface area (Å²) in [5.74, 6) is -0.690. The zero-order valence-corrected chi connectivity index (χ0v) is 14.7. The van der Waals surface area contributed by atoms with Gasteiger partial charge in [0.1, 0.15) is 0 Å². The number of carbonyl (C=O) groups is 3. The largest absolute Gasteiger partial charge is 0.366 e. The molecule has 0 bridgehead atoms. The van der Waals surface area contributed by atoms with Crippen LogP contribution >= 0.6 is 23.4 Å². The smallest absolute Gasteiger partial charge is 0.248 e. The number of halogens is 1. The number of carbonyl (C=O) groups excluding carboxylic acids is 3. The number of hydrogen-bond donors (Lipinski definition) is 3. The van der Waals surface area contributed by atoms with E-state index in [1.54, 1.807) is 36.4 Å². The lowest BCUT2D eigenvalue weighted by molar-refractivity contribution is -0.114. The molecule has 0 radical (unpaired) electrons. The summed E-state index contributed by atoms with van der Waals surface area (Å²) in [6.45, 7) is 0. The fourth-order valence-electron chi connectivity index (χ4n) is 1.88. The molecule has 0 atom stereocenters. The van der Waals surface area contributed by atoms with Crippen LogP contribution in [-0.2, 0) is 9.59 Å². The minimum Gasteiger partial charge on any atom is -0.366 e. The van der Waals surface area contributed by atoms with E-state index in [-0.39, 0.29) is 23.3 Å². The Kier molecular flexibility index (Phi) is 6.85. The van der Waals surface area contributed by atoms with E-state index in [1.807, 2.05) is 0 Å². The molecule has 0 heterocycles. The van der Waals surface area contributed by atoms with Crippen LogP contribution < -0.4 is 16.4 Å². The van der Waals surface area contributed by atoms with E-state index >= 15 is 0 Å². The number of hydrogen-bond acceptors (Lipinski definition) is 4. The van der Waals surface area contributed by atoms with Gasteiger partial charge in [0.25, 0.3) is 0 Å². The third-order valence-electron chi connectivity index (χ3n) is 3.05. The first-order chi connectivity index (χ1) is 11.9. The third-order valence-corrected chi connectivity index (χ3v) is 4.23. The van der Waals surface area contributed by atoms with Gasteiger partial charge in [0.05, 0.1) is 11.5 Å². The zero-order valence-electron chi connectivity index (χ0n) is 13.1. The normalized spacial score (nSPS) is 10.1. The van der Waals surface area contributed by atoms with Gasteiger partial charge in [0.2, 0.25) is 17.7 Å². The fourth-order valence-corrected chi connectivity index (χ4v) is 2.62. The summed E-state index contributed by atoms with van der Waals surface area (Å²) in [5.41, 5.74) is 6.72. The van der Waals surface area contributed by atoms with Crippen LogP contribution in [-0.4, -0.2) is 29.2 Å². The predicted molar refractivity (Wildman–Crippen MR) is 101 cm³/mol. The predicted octanol–water partition coefficient (Wildman–Crippen LogP) is 2.75. The molecule has 0 saturated carbocycles. The number of anilines is 2. The molecule has 3 amide bonds. The first-order valence-corrected chi connectivity index (χ1v) is 8.80. The molecule has 25 heavy (non-hydrogen) atoms. The summed E-state index contributed by atoms with van der Waals surface area (Å²) in [4.78, 5) is 34.6. The van der Waals surface area contributed by atoms with Crippen LogP contribution in [0.4, 0.5) is 11.4 Å². The lowest BCUT2D eigenvalue weighted by Crippen LogP contribution is -2.18. The molecule has 0 aliphatic rings. The van der Waals surface area contributed by atoms with Gasteiger partial charge in [-0.15, -0.1) is 11.8 Å². The van der Waals surface area contributed by atoms with Crippen molar-refractivity contribution in [3.8, 4) is 0 Å². The highest BCUT2D eigenvalue weighted by atomic mass is 35.5. The average molecular weight is 378 g/mol. The molecule has 0 fully saturated rings. The molecule has 2 aromatic carbocycles. The molecule has 2 aromatic rings. The number of primary amides is 1. The van der Waals surface area contributed by atoms with E-state index < -0.39 is 5.91 Å². The van der Waals surface area contributed by atoms with Gasteiger partial charge in [-0.2, -0.15) is 0 Å². The first kappa shape index (κ1) is 18.8. The monoisotopic (exact) mass is 377 g/mol. The van der Waals surface area contributed by atoms with E-state index in [1.165, 1.54) is 23.9 Å². The highest BCUT2D eigenvalue weighted by Gasteiger charge is 2.07. The summed E-state index contributed by atoms with van der Waals surface area (Å²) in [6, 6.07) is 13.0. The van der Waals surface area contributed by atoms with Crippen molar-refractivity contribution in [2.24, 2.45) is 5.73 Å². The van der Waals surface area contributed by atoms with Crippen molar-refractivity contribution >= 4 is 52.5 Å². The molecule has 130 valence electrons. The minimum atomic E-state index is -0.528. The van der Waals surface area contributed by atoms with Gasteiger partial charge in [0.15, 0.2) is 0 Å². The summed E-state index contributed by atoms with van der Waals surface area (Å²) >= 11 is 6.97. The van der Waals surface area contributed by atoms with Crippen LogP contribution in [0.15, 0.2) is 48.5 Å². The lowest BCUT2D eigenvalue weighted by atomic mass is 10.2. The van der Waals surface area contributed by atoms with Gasteiger partial charge >= 0.3 is 0 Å². The SMILES string of the molecule is NC(=O)c1ccc(NC(=O)CSCC(=O)Nc2ccc(Cl)cc2)cc1. The van der Waals surface area contributed by atoms with E-state index in [4.69, 9.17) is 17.3 Å². The van der Waals surface area contributed by atoms with Gasteiger partial charge < -0.3 is 16.4 Å². The maximum Gasteiger partial charge on any atom is 0.248 e. The van der Waals surface area contributed by atoms with Crippen LogP contribution in [0.2, 0.25) is 5.02 Å². The van der Waals surface area contributed by atoms with Crippen molar-refractivity contribution in [1.82, 2.24) is 0 Å². The first-order valence-electron chi connectivity index (χ1n) is 7.27. The maximum absolute atomic E-state index is 11.8. The molecule has 0 spiro atoms. The quantitative estimate of drug-likeness (QED) is 0.690. The van der Waals surface area contributed by atoms with Gasteiger partial charge in [-0.3, -0.25) is 14.4 Å². The van der Waals surface area contributed by atoms with Crippen molar-refractivity contribution < 1.29 is 14.4 Å². The topological polar surface area (TPSA) is 101 Å². The molecule has 0 saturated heterocycles. The zero-order chi connectivity index (χ0) is 18.2. The van der Waals surface area contributed by atoms with E-state index in [0.717, 1.165) is 0 Å². The minimum absolute atomic E-state index is 0.131. The maximum atomic E-state index is 11.8. The Morgan fingerprint density at radius 1 is 0.840 bits per heavy atom. The van der Waals surface area contributed by atoms with Crippen LogP contribution in [0.3, 0.4) is 0 Å².